The molecule has 1 fully saturated rings. The van der Waals surface area contributed by atoms with Crippen LogP contribution in [0.3, 0.4) is 0 Å². The van der Waals surface area contributed by atoms with E-state index in [1.165, 1.54) is 0 Å². The molecule has 1 saturated heterocycles. The molecule has 0 N–H and O–H groups in total. The molecule has 2 rings (SSSR count). The SMILES string of the molecule is C=CCc1cc(OC)ccc1OCCN1CCC(C(=O)OCC)CC1.Cl. The van der Waals surface area contributed by atoms with Gasteiger partial charge in [-0.2, -0.15) is 0 Å². The first-order chi connectivity index (χ1) is 12.2. The molecule has 1 heterocycles. The number of carbonyl (C=O) groups excluding carboxylic acids is 1. The number of halogens is 1. The van der Waals surface area contributed by atoms with E-state index in [1.807, 2.05) is 31.2 Å². The fraction of sp³-hybridized carbons (Fsp3) is 0.550. The normalized spacial score (nSPS) is 15.0. The number of ether oxygens (including phenoxy) is 3. The highest BCUT2D eigenvalue weighted by atomic mass is 35.5. The molecule has 0 bridgehead atoms. The predicted octanol–water partition coefficient (Wildman–Crippen LogP) is 3.50. The third-order valence-electron chi connectivity index (χ3n) is 4.50. The molecular weight excluding hydrogens is 354 g/mol. The second kappa shape index (κ2) is 11.8. The molecule has 5 nitrogen and oxygen atoms in total. The average Bonchev–Trinajstić information content (AvgIpc) is 2.64. The first-order valence-corrected chi connectivity index (χ1v) is 8.97. The standard InChI is InChI=1S/C20H29NO4.ClH/c1-4-6-17-15-18(23-3)7-8-19(17)25-14-13-21-11-9-16(10-12-21)20(22)24-5-2;/h4,7-8,15-16H,1,5-6,9-14H2,2-3H3;1H. The minimum atomic E-state index is -0.0503. The van der Waals surface area contributed by atoms with E-state index in [-0.39, 0.29) is 24.3 Å². The van der Waals surface area contributed by atoms with Crippen LogP contribution in [-0.2, 0) is 16.0 Å². The largest absolute Gasteiger partial charge is 0.497 e. The molecule has 6 heteroatoms. The zero-order valence-electron chi connectivity index (χ0n) is 15.7. The van der Waals surface area contributed by atoms with Crippen molar-refractivity contribution in [3.05, 3.63) is 36.4 Å². The molecule has 0 aromatic heterocycles. The van der Waals surface area contributed by atoms with Crippen LogP contribution in [0.5, 0.6) is 11.5 Å². The molecule has 0 aliphatic carbocycles. The smallest absolute Gasteiger partial charge is 0.309 e. The van der Waals surface area contributed by atoms with Gasteiger partial charge in [0.2, 0.25) is 0 Å². The van der Waals surface area contributed by atoms with Gasteiger partial charge in [-0.3, -0.25) is 9.69 Å². The maximum Gasteiger partial charge on any atom is 0.309 e. The molecule has 1 aromatic carbocycles. The fourth-order valence-corrected chi connectivity index (χ4v) is 3.08. The molecule has 0 amide bonds. The number of rotatable bonds is 9. The van der Waals surface area contributed by atoms with Crippen molar-refractivity contribution < 1.29 is 19.0 Å². The van der Waals surface area contributed by atoms with Crippen molar-refractivity contribution >= 4 is 18.4 Å². The number of hydrogen-bond acceptors (Lipinski definition) is 5. The van der Waals surface area contributed by atoms with E-state index in [9.17, 15) is 4.79 Å². The van der Waals surface area contributed by atoms with Gasteiger partial charge < -0.3 is 14.2 Å². The number of allylic oxidation sites excluding steroid dienone is 1. The Morgan fingerprint density at radius 3 is 2.69 bits per heavy atom. The maximum atomic E-state index is 11.8. The Bertz CT molecular complexity index is 571. The number of carbonyl (C=O) groups is 1. The van der Waals surface area contributed by atoms with Gasteiger partial charge in [0, 0.05) is 12.1 Å². The third-order valence-corrected chi connectivity index (χ3v) is 4.50. The molecule has 146 valence electrons. The minimum absolute atomic E-state index is 0. The lowest BCUT2D eigenvalue weighted by atomic mass is 9.97. The topological polar surface area (TPSA) is 48.0 Å². The van der Waals surface area contributed by atoms with E-state index in [1.54, 1.807) is 7.11 Å². The minimum Gasteiger partial charge on any atom is -0.497 e. The summed E-state index contributed by atoms with van der Waals surface area (Å²) in [6, 6.07) is 5.85. The lowest BCUT2D eigenvalue weighted by Gasteiger charge is -2.30. The van der Waals surface area contributed by atoms with E-state index < -0.39 is 0 Å². The number of methoxy groups -OCH3 is 1. The van der Waals surface area contributed by atoms with Crippen LogP contribution in [-0.4, -0.2) is 50.8 Å². The molecule has 0 atom stereocenters. The highest BCUT2D eigenvalue weighted by molar-refractivity contribution is 5.85. The Morgan fingerprint density at radius 2 is 2.08 bits per heavy atom. The molecule has 1 aliphatic heterocycles. The summed E-state index contributed by atoms with van der Waals surface area (Å²) in [6.45, 7) is 9.41. The molecule has 1 aromatic rings. The Labute approximate surface area is 162 Å². The van der Waals surface area contributed by atoms with Crippen LogP contribution in [0.25, 0.3) is 0 Å². The highest BCUT2D eigenvalue weighted by Crippen LogP contribution is 2.25. The van der Waals surface area contributed by atoms with Crippen molar-refractivity contribution in [2.24, 2.45) is 5.92 Å². The van der Waals surface area contributed by atoms with Crippen LogP contribution < -0.4 is 9.47 Å². The molecule has 0 radical (unpaired) electrons. The summed E-state index contributed by atoms with van der Waals surface area (Å²) in [5.74, 6) is 1.70. The molecule has 1 aliphatic rings. The maximum absolute atomic E-state index is 11.8. The second-order valence-electron chi connectivity index (χ2n) is 6.18. The van der Waals surface area contributed by atoms with Gasteiger partial charge in [-0.15, -0.1) is 19.0 Å². The fourth-order valence-electron chi connectivity index (χ4n) is 3.08. The summed E-state index contributed by atoms with van der Waals surface area (Å²) < 4.78 is 16.3. The first kappa shape index (κ1) is 22.3. The van der Waals surface area contributed by atoms with Crippen LogP contribution >= 0.6 is 12.4 Å². The zero-order chi connectivity index (χ0) is 18.1. The van der Waals surface area contributed by atoms with Crippen LogP contribution in [0.4, 0.5) is 0 Å². The zero-order valence-corrected chi connectivity index (χ0v) is 16.6. The van der Waals surface area contributed by atoms with Gasteiger partial charge >= 0.3 is 5.97 Å². The Kier molecular flexibility index (Phi) is 10.1. The van der Waals surface area contributed by atoms with Gasteiger partial charge in [0.05, 0.1) is 19.6 Å². The van der Waals surface area contributed by atoms with E-state index in [0.717, 1.165) is 56.0 Å². The van der Waals surface area contributed by atoms with Crippen LogP contribution in [0.15, 0.2) is 30.9 Å². The van der Waals surface area contributed by atoms with Crippen molar-refractivity contribution in [3.8, 4) is 11.5 Å². The lowest BCUT2D eigenvalue weighted by molar-refractivity contribution is -0.149. The number of nitrogens with zero attached hydrogens (tertiary/aromatic N) is 1. The number of hydrogen-bond donors (Lipinski definition) is 0. The number of benzene rings is 1. The molecular formula is C20H30ClNO4. The lowest BCUT2D eigenvalue weighted by Crippen LogP contribution is -2.39. The van der Waals surface area contributed by atoms with E-state index >= 15 is 0 Å². The number of piperidine rings is 1. The second-order valence-corrected chi connectivity index (χ2v) is 6.18. The number of esters is 1. The van der Waals surface area contributed by atoms with Crippen molar-refractivity contribution in [3.63, 3.8) is 0 Å². The molecule has 0 unspecified atom stereocenters. The van der Waals surface area contributed by atoms with Gasteiger partial charge in [0.15, 0.2) is 0 Å². The van der Waals surface area contributed by atoms with Gasteiger partial charge in [0.25, 0.3) is 0 Å². The van der Waals surface area contributed by atoms with E-state index in [4.69, 9.17) is 14.2 Å². The van der Waals surface area contributed by atoms with Crippen LogP contribution in [0.2, 0.25) is 0 Å². The number of likely N-dealkylation sites (tertiary alicyclic amines) is 1. The van der Waals surface area contributed by atoms with Crippen LogP contribution in [0.1, 0.15) is 25.3 Å². The van der Waals surface area contributed by atoms with Crippen molar-refractivity contribution in [1.82, 2.24) is 4.90 Å². The van der Waals surface area contributed by atoms with Gasteiger partial charge in [-0.25, -0.2) is 0 Å². The summed E-state index contributed by atoms with van der Waals surface area (Å²) in [6.07, 6.45) is 4.34. The summed E-state index contributed by atoms with van der Waals surface area (Å²) >= 11 is 0. The predicted molar refractivity (Wildman–Crippen MR) is 105 cm³/mol. The van der Waals surface area contributed by atoms with Gasteiger partial charge in [-0.05, 0) is 57.5 Å². The average molecular weight is 384 g/mol. The summed E-state index contributed by atoms with van der Waals surface area (Å²) in [5, 5.41) is 0. The third kappa shape index (κ3) is 6.54. The monoisotopic (exact) mass is 383 g/mol. The quantitative estimate of drug-likeness (QED) is 0.482. The molecule has 0 spiro atoms. The summed E-state index contributed by atoms with van der Waals surface area (Å²) in [4.78, 5) is 14.1. The Morgan fingerprint density at radius 1 is 1.35 bits per heavy atom. The van der Waals surface area contributed by atoms with Crippen molar-refractivity contribution in [2.45, 2.75) is 26.2 Å². The van der Waals surface area contributed by atoms with Crippen LogP contribution in [0, 0.1) is 5.92 Å². The Balaban J connectivity index is 0.00000338. The first-order valence-electron chi connectivity index (χ1n) is 8.97. The van der Waals surface area contributed by atoms with Gasteiger partial charge in [-0.1, -0.05) is 6.08 Å². The van der Waals surface area contributed by atoms with Gasteiger partial charge in [0.1, 0.15) is 18.1 Å². The van der Waals surface area contributed by atoms with E-state index in [2.05, 4.69) is 11.5 Å². The Hall–Kier alpha value is -1.72. The molecule has 0 saturated carbocycles. The molecule has 26 heavy (non-hydrogen) atoms. The highest BCUT2D eigenvalue weighted by Gasteiger charge is 2.25. The summed E-state index contributed by atoms with van der Waals surface area (Å²) in [7, 11) is 1.66. The summed E-state index contributed by atoms with van der Waals surface area (Å²) in [5.41, 5.74) is 1.08. The van der Waals surface area contributed by atoms with Crippen molar-refractivity contribution in [2.75, 3.05) is 40.0 Å². The van der Waals surface area contributed by atoms with E-state index in [0.29, 0.717) is 13.2 Å². The van der Waals surface area contributed by atoms with Crippen molar-refractivity contribution in [1.29, 1.82) is 0 Å².